The van der Waals surface area contributed by atoms with Gasteiger partial charge in [0.2, 0.25) is 0 Å². The van der Waals surface area contributed by atoms with Gasteiger partial charge in [-0.25, -0.2) is 0 Å². The molecule has 0 N–H and O–H groups in total. The summed E-state index contributed by atoms with van der Waals surface area (Å²) >= 11 is 0.604. The molecular weight excluding hydrogens is 113 g/mol. The van der Waals surface area contributed by atoms with Crippen LogP contribution in [0.1, 0.15) is 20.8 Å². The Morgan fingerprint density at radius 3 is 1.75 bits per heavy atom. The van der Waals surface area contributed by atoms with Gasteiger partial charge in [0.05, 0.1) is 0 Å². The average Bonchev–Trinajstić information content (AvgIpc) is 1.83. The van der Waals surface area contributed by atoms with Crippen molar-refractivity contribution in [3.8, 4) is 0 Å². The molecular formula is C6H15AlN+. The summed E-state index contributed by atoms with van der Waals surface area (Å²) in [5.74, 6) is 0. The van der Waals surface area contributed by atoms with Gasteiger partial charge in [0, 0.05) is 0 Å². The molecule has 0 radical (unpaired) electrons. The second kappa shape index (κ2) is 5.63. The van der Waals surface area contributed by atoms with Gasteiger partial charge in [0.1, 0.15) is 0 Å². The van der Waals surface area contributed by atoms with Gasteiger partial charge < -0.3 is 0 Å². The molecule has 0 aromatic rings. The molecule has 0 heterocycles. The molecule has 0 unspecified atom stereocenters. The zero-order chi connectivity index (χ0) is 6.41. The van der Waals surface area contributed by atoms with Crippen LogP contribution in [0.4, 0.5) is 0 Å². The molecule has 0 saturated heterocycles. The minimum atomic E-state index is 0.604. The van der Waals surface area contributed by atoms with Crippen molar-refractivity contribution in [2.75, 3.05) is 13.1 Å². The van der Waals surface area contributed by atoms with E-state index in [1.54, 1.807) is 0 Å². The van der Waals surface area contributed by atoms with E-state index in [2.05, 4.69) is 24.7 Å². The summed E-state index contributed by atoms with van der Waals surface area (Å²) in [5.41, 5.74) is 0. The quantitative estimate of drug-likeness (QED) is 0.517. The Hall–Kier alpha value is 0.492. The van der Waals surface area contributed by atoms with Crippen LogP contribution in [0, 0.1) is 0 Å². The Morgan fingerprint density at radius 1 is 1.12 bits per heavy atom. The molecule has 0 bridgehead atoms. The molecule has 0 amide bonds. The fourth-order valence-electron chi connectivity index (χ4n) is 0.740. The average molecular weight is 128 g/mol. The molecule has 0 atom stereocenters. The van der Waals surface area contributed by atoms with Crippen LogP contribution in [0.25, 0.3) is 0 Å². The summed E-state index contributed by atoms with van der Waals surface area (Å²) in [6.07, 6.45) is 0. The van der Waals surface area contributed by atoms with Crippen LogP contribution >= 0.6 is 0 Å². The normalized spacial score (nSPS) is 9.50. The van der Waals surface area contributed by atoms with Gasteiger partial charge in [-0.05, 0) is 0 Å². The number of hydrogen-bond donors (Lipinski definition) is 0. The Balaban J connectivity index is 3.07. The van der Waals surface area contributed by atoms with E-state index < -0.39 is 0 Å². The molecule has 46 valence electrons. The molecule has 8 heavy (non-hydrogen) atoms. The predicted octanol–water partition coefficient (Wildman–Crippen LogP) is 1.39. The van der Waals surface area contributed by atoms with Crippen LogP contribution in [0.15, 0.2) is 0 Å². The van der Waals surface area contributed by atoms with Crippen LogP contribution in [0.5, 0.6) is 0 Å². The SMILES string of the molecule is C[CH2][Al+][N](CC)CC. The van der Waals surface area contributed by atoms with Crippen molar-refractivity contribution in [1.29, 1.82) is 0 Å². The first kappa shape index (κ1) is 8.49. The summed E-state index contributed by atoms with van der Waals surface area (Å²) in [7, 11) is 0. The second-order valence-electron chi connectivity index (χ2n) is 1.81. The van der Waals surface area contributed by atoms with Gasteiger partial charge >= 0.3 is 58.5 Å². The van der Waals surface area contributed by atoms with E-state index >= 15 is 0 Å². The van der Waals surface area contributed by atoms with E-state index in [0.29, 0.717) is 15.4 Å². The van der Waals surface area contributed by atoms with E-state index in [1.807, 2.05) is 0 Å². The van der Waals surface area contributed by atoms with Crippen molar-refractivity contribution in [3.05, 3.63) is 0 Å². The zero-order valence-electron chi connectivity index (χ0n) is 6.15. The Bertz CT molecular complexity index is 43.8. The van der Waals surface area contributed by atoms with Gasteiger partial charge in [-0.15, -0.1) is 0 Å². The molecule has 2 heteroatoms. The van der Waals surface area contributed by atoms with Crippen LogP contribution in [-0.4, -0.2) is 32.4 Å². The van der Waals surface area contributed by atoms with Crippen molar-refractivity contribution >= 4 is 15.4 Å². The van der Waals surface area contributed by atoms with Gasteiger partial charge in [-0.3, -0.25) is 0 Å². The van der Waals surface area contributed by atoms with Crippen LogP contribution in [0.2, 0.25) is 5.28 Å². The summed E-state index contributed by atoms with van der Waals surface area (Å²) in [6.45, 7) is 9.19. The molecule has 0 spiro atoms. The van der Waals surface area contributed by atoms with Crippen molar-refractivity contribution in [3.63, 3.8) is 0 Å². The maximum absolute atomic E-state index is 2.51. The van der Waals surface area contributed by atoms with Crippen LogP contribution in [0.3, 0.4) is 0 Å². The summed E-state index contributed by atoms with van der Waals surface area (Å²) in [5, 5.41) is 1.36. The topological polar surface area (TPSA) is 3.24 Å². The predicted molar refractivity (Wildman–Crippen MR) is 39.2 cm³/mol. The first-order valence-electron chi connectivity index (χ1n) is 3.42. The first-order valence-corrected chi connectivity index (χ1v) is 4.75. The number of nitrogens with zero attached hydrogens (tertiary/aromatic N) is 1. The van der Waals surface area contributed by atoms with E-state index in [1.165, 1.54) is 18.4 Å². The standard InChI is InChI=1S/C4H10N.C2H5.Al/c1-3-5-4-2;1-2;/h3-4H2,1-2H3;1H2,2H3;/q-1;;+2. The summed E-state index contributed by atoms with van der Waals surface area (Å²) in [6, 6.07) is 0. The zero-order valence-corrected chi connectivity index (χ0v) is 7.30. The number of rotatable bonds is 4. The van der Waals surface area contributed by atoms with Crippen molar-refractivity contribution in [1.82, 2.24) is 3.88 Å². The molecule has 0 aromatic heterocycles. The molecule has 0 saturated carbocycles. The molecule has 0 fully saturated rings. The van der Waals surface area contributed by atoms with Gasteiger partial charge in [-0.2, -0.15) is 0 Å². The molecule has 0 aromatic carbocycles. The van der Waals surface area contributed by atoms with E-state index in [0.717, 1.165) is 0 Å². The maximum atomic E-state index is 2.51. The molecule has 0 aliphatic heterocycles. The molecule has 1 nitrogen and oxygen atoms in total. The fourth-order valence-corrected chi connectivity index (χ4v) is 1.77. The second-order valence-corrected chi connectivity index (χ2v) is 3.72. The monoisotopic (exact) mass is 128 g/mol. The molecule has 0 aliphatic carbocycles. The summed E-state index contributed by atoms with van der Waals surface area (Å²) in [4.78, 5) is 0. The van der Waals surface area contributed by atoms with Crippen molar-refractivity contribution in [2.24, 2.45) is 0 Å². The Labute approximate surface area is 59.0 Å². The van der Waals surface area contributed by atoms with Gasteiger partial charge in [-0.1, -0.05) is 0 Å². The third-order valence-electron chi connectivity index (χ3n) is 1.25. The Kier molecular flexibility index (Phi) is 5.97. The van der Waals surface area contributed by atoms with Gasteiger partial charge in [0.15, 0.2) is 0 Å². The van der Waals surface area contributed by atoms with E-state index in [4.69, 9.17) is 0 Å². The van der Waals surface area contributed by atoms with E-state index in [9.17, 15) is 0 Å². The van der Waals surface area contributed by atoms with E-state index in [-0.39, 0.29) is 0 Å². The van der Waals surface area contributed by atoms with Crippen LogP contribution in [-0.2, 0) is 0 Å². The third kappa shape index (κ3) is 3.49. The van der Waals surface area contributed by atoms with Crippen molar-refractivity contribution < 1.29 is 0 Å². The number of hydrogen-bond acceptors (Lipinski definition) is 1. The first-order chi connectivity index (χ1) is 3.85. The molecule has 0 rings (SSSR count). The van der Waals surface area contributed by atoms with Crippen LogP contribution < -0.4 is 0 Å². The van der Waals surface area contributed by atoms with Gasteiger partial charge in [0.25, 0.3) is 0 Å². The summed E-state index contributed by atoms with van der Waals surface area (Å²) < 4.78 is 2.51. The fraction of sp³-hybridized carbons (Fsp3) is 1.00. The third-order valence-corrected chi connectivity index (χ3v) is 2.86. The van der Waals surface area contributed by atoms with Crippen molar-refractivity contribution in [2.45, 2.75) is 26.1 Å². The Morgan fingerprint density at radius 2 is 1.62 bits per heavy atom. The minimum absolute atomic E-state index is 0.604. The molecule has 0 aliphatic rings.